The maximum Gasteiger partial charge on any atom is 0.262 e. The maximum atomic E-state index is 13.5. The van der Waals surface area contributed by atoms with E-state index < -0.39 is 39.7 Å². The summed E-state index contributed by atoms with van der Waals surface area (Å²) in [6, 6.07) is 14.7. The lowest BCUT2D eigenvalue weighted by Crippen LogP contribution is -2.45. The summed E-state index contributed by atoms with van der Waals surface area (Å²) in [5.74, 6) is -0.972. The zero-order chi connectivity index (χ0) is 31.1. The lowest BCUT2D eigenvalue weighted by atomic mass is 10.1. The van der Waals surface area contributed by atoms with Crippen LogP contribution in [-0.4, -0.2) is 46.0 Å². The predicted octanol–water partition coefficient (Wildman–Crippen LogP) is 3.29. The average Bonchev–Trinajstić information content (AvgIpc) is 2.98. The number of hydrogen-bond acceptors (Lipinski definition) is 8. The average molecular weight is 604 g/mol. The molecule has 5 rings (SSSR count). The minimum absolute atomic E-state index is 0.0965. The fourth-order valence-corrected chi connectivity index (χ4v) is 6.33. The minimum Gasteiger partial charge on any atom is -0.588 e. The van der Waals surface area contributed by atoms with Crippen LogP contribution in [-0.2, 0) is 24.2 Å². The van der Waals surface area contributed by atoms with E-state index in [-0.39, 0.29) is 45.7 Å². The molecule has 3 amide bonds. The summed E-state index contributed by atoms with van der Waals surface area (Å²) < 4.78 is 34.7. The number of carbonyl (C=O) groups is 3. The minimum atomic E-state index is -4.08. The molecule has 1 aliphatic heterocycles. The van der Waals surface area contributed by atoms with Crippen LogP contribution in [0.1, 0.15) is 40.6 Å². The number of benzene rings is 3. The van der Waals surface area contributed by atoms with Crippen molar-refractivity contribution in [3.63, 3.8) is 0 Å². The highest BCUT2D eigenvalue weighted by Gasteiger charge is 2.32. The number of methoxy groups -OCH3 is 1. The van der Waals surface area contributed by atoms with Gasteiger partial charge in [0.2, 0.25) is 11.8 Å². The van der Waals surface area contributed by atoms with E-state index in [1.54, 1.807) is 56.3 Å². The fourth-order valence-electron chi connectivity index (χ4n) is 5.10. The first-order chi connectivity index (χ1) is 20.4. The lowest BCUT2D eigenvalue weighted by Gasteiger charge is -2.27. The van der Waals surface area contributed by atoms with Crippen molar-refractivity contribution >= 4 is 50.4 Å². The van der Waals surface area contributed by atoms with Gasteiger partial charge in [-0.1, -0.05) is 28.5 Å². The Morgan fingerprint density at radius 3 is 2.58 bits per heavy atom. The van der Waals surface area contributed by atoms with Crippen molar-refractivity contribution in [3.05, 3.63) is 88.0 Å². The van der Waals surface area contributed by atoms with Crippen LogP contribution in [0.2, 0.25) is 0 Å². The Morgan fingerprint density at radius 2 is 1.86 bits per heavy atom. The molecule has 1 fully saturated rings. The topological polar surface area (TPSA) is 163 Å². The molecular weight excluding hydrogens is 574 g/mol. The number of fused-ring (bicyclic) bond motifs is 1. The van der Waals surface area contributed by atoms with Gasteiger partial charge in [-0.2, -0.15) is 4.31 Å². The van der Waals surface area contributed by atoms with Gasteiger partial charge in [0.15, 0.2) is 15.3 Å². The maximum absolute atomic E-state index is 13.5. The zero-order valence-electron chi connectivity index (χ0n) is 23.9. The van der Waals surface area contributed by atoms with Crippen LogP contribution < -0.4 is 25.2 Å². The van der Waals surface area contributed by atoms with E-state index in [1.165, 1.54) is 36.9 Å². The summed E-state index contributed by atoms with van der Waals surface area (Å²) in [7, 11) is -1.23. The second-order valence-electron chi connectivity index (χ2n) is 10.1. The molecule has 3 aromatic carbocycles. The molecule has 1 aromatic heterocycles. The molecule has 2 atom stereocenters. The summed E-state index contributed by atoms with van der Waals surface area (Å²) >= 11 is 0. The Kier molecular flexibility index (Phi) is 7.86. The SMILES string of the molecule is COc1ccccc1N(C)[S+](=O)([O-])c1ccc(C)c(C(=O)Nc2cccc3c(=O)n(C4CCC(=O)NC4=O)c(C)nc23)c1. The van der Waals surface area contributed by atoms with Crippen LogP contribution in [0, 0.1) is 13.8 Å². The molecule has 0 aliphatic carbocycles. The third-order valence-electron chi connectivity index (χ3n) is 7.41. The monoisotopic (exact) mass is 603 g/mol. The van der Waals surface area contributed by atoms with Crippen LogP contribution in [0.25, 0.3) is 10.9 Å². The first-order valence-corrected chi connectivity index (χ1v) is 14.8. The van der Waals surface area contributed by atoms with Crippen LogP contribution in [0.3, 0.4) is 0 Å². The molecule has 1 saturated heterocycles. The number of rotatable bonds is 7. The summed E-state index contributed by atoms with van der Waals surface area (Å²) in [6.45, 7) is 3.25. The van der Waals surface area contributed by atoms with Crippen LogP contribution >= 0.6 is 0 Å². The Hall–Kier alpha value is -4.88. The van der Waals surface area contributed by atoms with Crippen LogP contribution in [0.4, 0.5) is 11.4 Å². The number of para-hydroxylation sites is 3. The number of sulfonamides is 1. The van der Waals surface area contributed by atoms with E-state index in [0.29, 0.717) is 17.0 Å². The lowest BCUT2D eigenvalue weighted by molar-refractivity contribution is -0.135. The van der Waals surface area contributed by atoms with Crippen molar-refractivity contribution in [1.29, 1.82) is 0 Å². The number of carbonyl (C=O) groups excluding carboxylic acids is 3. The summed E-state index contributed by atoms with van der Waals surface area (Å²) in [5, 5.41) is 5.19. The number of aryl methyl sites for hydroxylation is 2. The zero-order valence-corrected chi connectivity index (χ0v) is 24.7. The Morgan fingerprint density at radius 1 is 1.12 bits per heavy atom. The van der Waals surface area contributed by atoms with Crippen molar-refractivity contribution < 1.29 is 27.9 Å². The number of hydrogen-bond donors (Lipinski definition) is 2. The summed E-state index contributed by atoms with van der Waals surface area (Å²) in [4.78, 5) is 55.5. The van der Waals surface area contributed by atoms with Crippen LogP contribution in [0.5, 0.6) is 5.75 Å². The van der Waals surface area contributed by atoms with Crippen molar-refractivity contribution in [1.82, 2.24) is 14.9 Å². The molecular formula is C30H29N5O7S. The molecule has 2 N–H and O–H groups in total. The molecule has 13 heteroatoms. The van der Waals surface area contributed by atoms with E-state index >= 15 is 0 Å². The van der Waals surface area contributed by atoms with Crippen molar-refractivity contribution in [2.24, 2.45) is 0 Å². The van der Waals surface area contributed by atoms with Gasteiger partial charge >= 0.3 is 0 Å². The van der Waals surface area contributed by atoms with Gasteiger partial charge in [-0.15, -0.1) is 0 Å². The van der Waals surface area contributed by atoms with E-state index in [2.05, 4.69) is 15.6 Å². The van der Waals surface area contributed by atoms with Crippen LogP contribution in [0.15, 0.2) is 70.4 Å². The van der Waals surface area contributed by atoms with E-state index in [4.69, 9.17) is 4.74 Å². The van der Waals surface area contributed by atoms with Crippen molar-refractivity contribution in [2.45, 2.75) is 37.6 Å². The number of amides is 3. The highest BCUT2D eigenvalue weighted by molar-refractivity contribution is 7.99. The normalized spacial score (nSPS) is 16.3. The van der Waals surface area contributed by atoms with Crippen molar-refractivity contribution in [3.8, 4) is 5.75 Å². The molecule has 12 nitrogen and oxygen atoms in total. The number of nitrogens with one attached hydrogen (secondary N) is 2. The number of aromatic nitrogens is 2. The molecule has 222 valence electrons. The predicted molar refractivity (Wildman–Crippen MR) is 160 cm³/mol. The number of ether oxygens (including phenoxy) is 1. The van der Waals surface area contributed by atoms with Gasteiger partial charge in [0.05, 0.1) is 25.2 Å². The summed E-state index contributed by atoms with van der Waals surface area (Å²) in [5.41, 5.74) is 0.922. The second kappa shape index (κ2) is 11.4. The molecule has 0 saturated carbocycles. The highest BCUT2D eigenvalue weighted by Crippen LogP contribution is 2.34. The van der Waals surface area contributed by atoms with E-state index in [0.717, 1.165) is 4.31 Å². The molecule has 2 unspecified atom stereocenters. The second-order valence-corrected chi connectivity index (χ2v) is 12.0. The standard InChI is InChI=1S/C30H29N5O7S/c1-17-12-13-19(43(40,41)34(3)23-10-5-6-11-25(23)42-4)16-21(17)28(37)32-22-9-7-8-20-27(22)31-18(2)35(30(20)39)24-14-15-26(36)33-29(24)38/h5-13,16,24H,14-15H2,1-4H3,(H2-,32,33,36,37,38,40,41). The first-order valence-electron chi connectivity index (χ1n) is 13.3. The molecule has 0 radical (unpaired) electrons. The number of nitrogens with zero attached hydrogens (tertiary/aromatic N) is 3. The Balaban J connectivity index is 1.49. The summed E-state index contributed by atoms with van der Waals surface area (Å²) in [6.07, 6.45) is 0.263. The van der Waals surface area contributed by atoms with Gasteiger partial charge in [0.25, 0.3) is 11.5 Å². The van der Waals surface area contributed by atoms with Gasteiger partial charge in [-0.3, -0.25) is 29.1 Å². The van der Waals surface area contributed by atoms with E-state index in [9.17, 15) is 27.9 Å². The quantitative estimate of drug-likeness (QED) is 0.240. The van der Waals surface area contributed by atoms with Gasteiger partial charge in [0, 0.05) is 18.1 Å². The number of anilines is 2. The molecule has 0 bridgehead atoms. The van der Waals surface area contributed by atoms with E-state index in [1.807, 2.05) is 0 Å². The molecule has 1 aliphatic rings. The van der Waals surface area contributed by atoms with Gasteiger partial charge in [-0.05, 0) is 56.2 Å². The number of piperidine rings is 1. The third kappa shape index (κ3) is 5.40. The van der Waals surface area contributed by atoms with Gasteiger partial charge < -0.3 is 14.6 Å². The largest absolute Gasteiger partial charge is 0.588 e. The van der Waals surface area contributed by atoms with Gasteiger partial charge in [-0.25, -0.2) is 4.98 Å². The molecule has 43 heavy (non-hydrogen) atoms. The highest BCUT2D eigenvalue weighted by atomic mass is 32.3. The Bertz CT molecular complexity index is 1900. The smallest absolute Gasteiger partial charge is 0.262 e. The number of imide groups is 1. The van der Waals surface area contributed by atoms with Gasteiger partial charge in [0.1, 0.15) is 28.8 Å². The Labute approximate surface area is 248 Å². The van der Waals surface area contributed by atoms with Crippen molar-refractivity contribution in [2.75, 3.05) is 23.8 Å². The fraction of sp³-hybridized carbons (Fsp3) is 0.233. The third-order valence-corrected chi connectivity index (χ3v) is 9.18. The molecule has 2 heterocycles. The molecule has 0 spiro atoms. The molecule has 4 aromatic rings. The first kappa shape index (κ1) is 29.6.